The van der Waals surface area contributed by atoms with Crippen LogP contribution >= 0.6 is 11.3 Å². The number of fused-ring (bicyclic) bond motifs is 3. The minimum absolute atomic E-state index is 0.179. The number of carbonyl (C=O) groups is 1. The summed E-state index contributed by atoms with van der Waals surface area (Å²) in [5.41, 5.74) is 5.02. The number of hydrogen-bond acceptors (Lipinski definition) is 5. The molecule has 1 N–H and O–H groups in total. The van der Waals surface area contributed by atoms with E-state index in [0.717, 1.165) is 52.4 Å². The van der Waals surface area contributed by atoms with Crippen molar-refractivity contribution in [3.05, 3.63) is 58.5 Å². The van der Waals surface area contributed by atoms with Crippen molar-refractivity contribution in [2.75, 3.05) is 12.4 Å². The molecule has 0 spiro atoms. The van der Waals surface area contributed by atoms with Gasteiger partial charge in [0.05, 0.1) is 17.7 Å². The number of carbonyl (C=O) groups excluding carboxylic acids is 1. The summed E-state index contributed by atoms with van der Waals surface area (Å²) >= 11 is 1.45. The zero-order chi connectivity index (χ0) is 18.1. The van der Waals surface area contributed by atoms with Crippen LogP contribution in [0.4, 0.5) is 5.69 Å². The molecule has 0 aliphatic heterocycles. The molecule has 2 heterocycles. The Hall–Kier alpha value is -2.73. The van der Waals surface area contributed by atoms with E-state index in [-0.39, 0.29) is 5.91 Å². The monoisotopic (exact) mass is 365 g/mol. The SMILES string of the molecule is COc1cccc2c1CCCc1nc(C(=O)Nc3ccncc3C)sc1-2. The first-order valence-electron chi connectivity index (χ1n) is 8.55. The molecule has 4 rings (SSSR count). The lowest BCUT2D eigenvalue weighted by Gasteiger charge is -2.10. The third-order valence-electron chi connectivity index (χ3n) is 4.60. The number of rotatable bonds is 3. The van der Waals surface area contributed by atoms with Gasteiger partial charge in [-0.3, -0.25) is 9.78 Å². The molecule has 2 aromatic heterocycles. The molecule has 26 heavy (non-hydrogen) atoms. The van der Waals surface area contributed by atoms with Crippen LogP contribution in [0, 0.1) is 6.92 Å². The topological polar surface area (TPSA) is 64.1 Å². The minimum atomic E-state index is -0.179. The summed E-state index contributed by atoms with van der Waals surface area (Å²) in [4.78, 5) is 22.5. The van der Waals surface area contributed by atoms with Gasteiger partial charge in [0.2, 0.25) is 0 Å². The molecule has 3 aromatic rings. The van der Waals surface area contributed by atoms with E-state index in [9.17, 15) is 4.79 Å². The second kappa shape index (κ2) is 6.88. The van der Waals surface area contributed by atoms with Crippen molar-refractivity contribution in [1.29, 1.82) is 0 Å². The van der Waals surface area contributed by atoms with Crippen molar-refractivity contribution in [3.63, 3.8) is 0 Å². The number of aryl methyl sites for hydroxylation is 2. The number of nitrogens with zero attached hydrogens (tertiary/aromatic N) is 2. The Bertz CT molecular complexity index is 981. The van der Waals surface area contributed by atoms with Crippen LogP contribution in [-0.2, 0) is 12.8 Å². The third-order valence-corrected chi connectivity index (χ3v) is 5.73. The van der Waals surface area contributed by atoms with Gasteiger partial charge in [0, 0.05) is 29.2 Å². The molecule has 1 aliphatic carbocycles. The van der Waals surface area contributed by atoms with Gasteiger partial charge in [0.1, 0.15) is 5.75 Å². The highest BCUT2D eigenvalue weighted by Gasteiger charge is 2.23. The van der Waals surface area contributed by atoms with Crippen LogP contribution in [0.3, 0.4) is 0 Å². The second-order valence-corrected chi connectivity index (χ2v) is 7.28. The van der Waals surface area contributed by atoms with Gasteiger partial charge in [-0.15, -0.1) is 11.3 Å². The third kappa shape index (κ3) is 2.97. The Morgan fingerprint density at radius 1 is 1.27 bits per heavy atom. The highest BCUT2D eigenvalue weighted by Crippen LogP contribution is 2.40. The van der Waals surface area contributed by atoms with E-state index in [1.54, 1.807) is 25.6 Å². The lowest BCUT2D eigenvalue weighted by atomic mass is 10.0. The molecule has 5 nitrogen and oxygen atoms in total. The van der Waals surface area contributed by atoms with Crippen LogP contribution in [0.15, 0.2) is 36.7 Å². The number of benzene rings is 1. The van der Waals surface area contributed by atoms with Gasteiger partial charge in [0.15, 0.2) is 5.01 Å². The largest absolute Gasteiger partial charge is 0.496 e. The molecule has 0 bridgehead atoms. The van der Waals surface area contributed by atoms with Gasteiger partial charge in [-0.1, -0.05) is 12.1 Å². The first-order valence-corrected chi connectivity index (χ1v) is 9.37. The summed E-state index contributed by atoms with van der Waals surface area (Å²) in [6.45, 7) is 1.92. The first-order chi connectivity index (χ1) is 12.7. The zero-order valence-corrected chi connectivity index (χ0v) is 15.5. The van der Waals surface area contributed by atoms with Crippen molar-refractivity contribution in [2.24, 2.45) is 0 Å². The first kappa shape index (κ1) is 16.7. The van der Waals surface area contributed by atoms with Gasteiger partial charge in [-0.05, 0) is 43.9 Å². The Morgan fingerprint density at radius 3 is 2.96 bits per heavy atom. The lowest BCUT2D eigenvalue weighted by molar-refractivity contribution is 0.102. The number of aromatic nitrogens is 2. The average Bonchev–Trinajstić information content (AvgIpc) is 3.00. The average molecular weight is 365 g/mol. The van der Waals surface area contributed by atoms with Gasteiger partial charge in [0.25, 0.3) is 5.91 Å². The van der Waals surface area contributed by atoms with Gasteiger partial charge in [-0.25, -0.2) is 4.98 Å². The van der Waals surface area contributed by atoms with Crippen molar-refractivity contribution in [3.8, 4) is 16.2 Å². The maximum absolute atomic E-state index is 12.7. The molecule has 1 aromatic carbocycles. The summed E-state index contributed by atoms with van der Waals surface area (Å²) in [5, 5.41) is 3.43. The highest BCUT2D eigenvalue weighted by molar-refractivity contribution is 7.17. The van der Waals surface area contributed by atoms with Crippen LogP contribution < -0.4 is 10.1 Å². The van der Waals surface area contributed by atoms with Gasteiger partial charge in [-0.2, -0.15) is 0 Å². The summed E-state index contributed by atoms with van der Waals surface area (Å²) in [5.74, 6) is 0.726. The lowest BCUT2D eigenvalue weighted by Crippen LogP contribution is -2.12. The van der Waals surface area contributed by atoms with Crippen LogP contribution in [0.25, 0.3) is 10.4 Å². The Balaban J connectivity index is 1.70. The number of hydrogen-bond donors (Lipinski definition) is 1. The maximum Gasteiger partial charge on any atom is 0.284 e. The van der Waals surface area contributed by atoms with Crippen LogP contribution in [0.2, 0.25) is 0 Å². The Kier molecular flexibility index (Phi) is 4.42. The van der Waals surface area contributed by atoms with Crippen LogP contribution in [-0.4, -0.2) is 23.0 Å². The molecule has 0 saturated heterocycles. The van der Waals surface area contributed by atoms with E-state index >= 15 is 0 Å². The number of methoxy groups -OCH3 is 1. The molecule has 0 atom stereocenters. The van der Waals surface area contributed by atoms with Crippen molar-refractivity contribution < 1.29 is 9.53 Å². The molecular formula is C20H19N3O2S. The molecule has 0 unspecified atom stereocenters. The molecule has 0 saturated carbocycles. The summed E-state index contributed by atoms with van der Waals surface area (Å²) in [6.07, 6.45) is 6.22. The fourth-order valence-corrected chi connectivity index (χ4v) is 4.34. The van der Waals surface area contributed by atoms with Crippen molar-refractivity contribution >= 4 is 22.9 Å². The number of amides is 1. The molecule has 0 radical (unpaired) electrons. The Labute approximate surface area is 156 Å². The molecule has 6 heteroatoms. The van der Waals surface area contributed by atoms with Gasteiger partial charge >= 0.3 is 0 Å². The van der Waals surface area contributed by atoms with Crippen molar-refractivity contribution in [1.82, 2.24) is 9.97 Å². The number of anilines is 1. The quantitative estimate of drug-likeness (QED) is 0.753. The molecule has 1 amide bonds. The van der Waals surface area contributed by atoms with Crippen LogP contribution in [0.5, 0.6) is 5.75 Å². The number of thiazole rings is 1. The standard InChI is InChI=1S/C20H19N3O2S/c1-12-11-21-10-9-15(12)22-19(24)20-23-16-7-3-5-13-14(18(16)26-20)6-4-8-17(13)25-2/h4,6,8-11H,3,5,7H2,1-2H3,(H,21,22,24). The van der Waals surface area contributed by atoms with Gasteiger partial charge < -0.3 is 10.1 Å². The number of nitrogens with one attached hydrogen (secondary N) is 1. The van der Waals surface area contributed by atoms with Crippen LogP contribution in [0.1, 0.15) is 33.0 Å². The molecular weight excluding hydrogens is 346 g/mol. The minimum Gasteiger partial charge on any atom is -0.496 e. The summed E-state index contributed by atoms with van der Waals surface area (Å²) < 4.78 is 5.53. The normalized spacial score (nSPS) is 12.7. The molecule has 132 valence electrons. The molecule has 0 fully saturated rings. The van der Waals surface area contributed by atoms with E-state index in [1.165, 1.54) is 16.9 Å². The predicted molar refractivity (Wildman–Crippen MR) is 103 cm³/mol. The van der Waals surface area contributed by atoms with E-state index in [2.05, 4.69) is 21.4 Å². The summed E-state index contributed by atoms with van der Waals surface area (Å²) in [6, 6.07) is 7.87. The fourth-order valence-electron chi connectivity index (χ4n) is 3.28. The molecule has 1 aliphatic rings. The fraction of sp³-hybridized carbons (Fsp3) is 0.250. The highest BCUT2D eigenvalue weighted by atomic mass is 32.1. The van der Waals surface area contributed by atoms with E-state index < -0.39 is 0 Å². The van der Waals surface area contributed by atoms with E-state index in [4.69, 9.17) is 4.74 Å². The number of pyridine rings is 1. The van der Waals surface area contributed by atoms with E-state index in [0.29, 0.717) is 5.01 Å². The predicted octanol–water partition coefficient (Wildman–Crippen LogP) is 4.26. The second-order valence-electron chi connectivity index (χ2n) is 6.28. The van der Waals surface area contributed by atoms with Crippen molar-refractivity contribution in [2.45, 2.75) is 26.2 Å². The number of ether oxygens (including phenoxy) is 1. The maximum atomic E-state index is 12.7. The Morgan fingerprint density at radius 2 is 2.15 bits per heavy atom. The zero-order valence-electron chi connectivity index (χ0n) is 14.7. The summed E-state index contributed by atoms with van der Waals surface area (Å²) in [7, 11) is 1.70. The smallest absolute Gasteiger partial charge is 0.284 e. The van der Waals surface area contributed by atoms with E-state index in [1.807, 2.05) is 19.1 Å².